The average Bonchev–Trinajstić information content (AvgIpc) is 2.60. The standard InChI is InChI=1S/C10H18N4O2S.ClH/c1-8-6-14(5-4-11-8)17(15,16)10-7-13(3)9(2)12-10;/h7-8,11H,4-6H2,1-3H3;1H/t8-;/m1./s1. The topological polar surface area (TPSA) is 67.2 Å². The number of aromatic nitrogens is 2. The minimum atomic E-state index is -3.44. The maximum absolute atomic E-state index is 12.3. The monoisotopic (exact) mass is 294 g/mol. The van der Waals surface area contributed by atoms with Gasteiger partial charge < -0.3 is 9.88 Å². The predicted molar refractivity (Wildman–Crippen MR) is 71.4 cm³/mol. The zero-order chi connectivity index (χ0) is 12.6. The van der Waals surface area contributed by atoms with Crippen LogP contribution in [0.5, 0.6) is 0 Å². The van der Waals surface area contributed by atoms with Crippen molar-refractivity contribution in [1.82, 2.24) is 19.2 Å². The number of hydrogen-bond acceptors (Lipinski definition) is 4. The molecule has 8 heteroatoms. The summed E-state index contributed by atoms with van der Waals surface area (Å²) >= 11 is 0. The van der Waals surface area contributed by atoms with Gasteiger partial charge in [-0.1, -0.05) is 0 Å². The van der Waals surface area contributed by atoms with Gasteiger partial charge in [0.15, 0.2) is 5.03 Å². The summed E-state index contributed by atoms with van der Waals surface area (Å²) in [6.07, 6.45) is 1.57. The van der Waals surface area contributed by atoms with E-state index in [1.165, 1.54) is 4.31 Å². The van der Waals surface area contributed by atoms with Crippen LogP contribution in [0.15, 0.2) is 11.2 Å². The minimum Gasteiger partial charge on any atom is -0.337 e. The van der Waals surface area contributed by atoms with E-state index in [1.807, 2.05) is 6.92 Å². The summed E-state index contributed by atoms with van der Waals surface area (Å²) in [6.45, 7) is 5.46. The number of nitrogens with one attached hydrogen (secondary N) is 1. The third-order valence-corrected chi connectivity index (χ3v) is 4.76. The summed E-state index contributed by atoms with van der Waals surface area (Å²) in [5.74, 6) is 0.701. The van der Waals surface area contributed by atoms with Crippen molar-refractivity contribution in [2.75, 3.05) is 19.6 Å². The molecule has 1 atom stereocenters. The molecule has 0 aromatic carbocycles. The molecule has 1 aromatic rings. The zero-order valence-corrected chi connectivity index (χ0v) is 12.4. The Morgan fingerprint density at radius 1 is 1.50 bits per heavy atom. The lowest BCUT2D eigenvalue weighted by Gasteiger charge is -2.30. The molecule has 0 radical (unpaired) electrons. The zero-order valence-electron chi connectivity index (χ0n) is 10.8. The molecule has 104 valence electrons. The molecule has 1 aliphatic heterocycles. The Morgan fingerprint density at radius 2 is 2.17 bits per heavy atom. The first-order valence-electron chi connectivity index (χ1n) is 5.65. The van der Waals surface area contributed by atoms with Crippen LogP contribution in [0.25, 0.3) is 0 Å². The van der Waals surface area contributed by atoms with Crippen LogP contribution in [0.2, 0.25) is 0 Å². The summed E-state index contributed by atoms with van der Waals surface area (Å²) in [5.41, 5.74) is 0. The van der Waals surface area contributed by atoms with Crippen LogP contribution >= 0.6 is 12.4 Å². The molecule has 2 heterocycles. The van der Waals surface area contributed by atoms with E-state index in [9.17, 15) is 8.42 Å². The quantitative estimate of drug-likeness (QED) is 0.842. The lowest BCUT2D eigenvalue weighted by molar-refractivity contribution is 0.309. The van der Waals surface area contributed by atoms with Gasteiger partial charge in [0.05, 0.1) is 0 Å². The summed E-state index contributed by atoms with van der Waals surface area (Å²) in [4.78, 5) is 4.10. The highest BCUT2D eigenvalue weighted by molar-refractivity contribution is 7.89. The number of rotatable bonds is 2. The highest BCUT2D eigenvalue weighted by Gasteiger charge is 2.30. The molecule has 0 unspecified atom stereocenters. The van der Waals surface area contributed by atoms with Gasteiger partial charge >= 0.3 is 0 Å². The van der Waals surface area contributed by atoms with Crippen LogP contribution in [-0.2, 0) is 17.1 Å². The second-order valence-corrected chi connectivity index (χ2v) is 6.34. The van der Waals surface area contributed by atoms with Gasteiger partial charge in [-0.3, -0.25) is 0 Å². The Hall–Kier alpha value is -0.630. The fraction of sp³-hybridized carbons (Fsp3) is 0.700. The third-order valence-electron chi connectivity index (χ3n) is 3.02. The maximum atomic E-state index is 12.3. The van der Waals surface area contributed by atoms with Crippen molar-refractivity contribution >= 4 is 22.4 Å². The van der Waals surface area contributed by atoms with Gasteiger partial charge in [-0.15, -0.1) is 12.4 Å². The molecule has 0 saturated carbocycles. The van der Waals surface area contributed by atoms with Crippen molar-refractivity contribution in [1.29, 1.82) is 0 Å². The summed E-state index contributed by atoms with van der Waals surface area (Å²) in [6, 6.07) is 0.184. The van der Waals surface area contributed by atoms with E-state index in [2.05, 4.69) is 10.3 Å². The molecule has 1 aromatic heterocycles. The number of imidazole rings is 1. The number of nitrogens with zero attached hydrogens (tertiary/aromatic N) is 3. The number of sulfonamides is 1. The largest absolute Gasteiger partial charge is 0.337 e. The molecular weight excluding hydrogens is 276 g/mol. The van der Waals surface area contributed by atoms with Gasteiger partial charge in [0.2, 0.25) is 0 Å². The van der Waals surface area contributed by atoms with Gasteiger partial charge in [-0.2, -0.15) is 4.31 Å². The van der Waals surface area contributed by atoms with Crippen molar-refractivity contribution in [3.63, 3.8) is 0 Å². The fourth-order valence-electron chi connectivity index (χ4n) is 1.90. The Labute approximate surface area is 114 Å². The molecule has 1 fully saturated rings. The van der Waals surface area contributed by atoms with E-state index in [0.717, 1.165) is 0 Å². The third kappa shape index (κ3) is 2.85. The van der Waals surface area contributed by atoms with Gasteiger partial charge in [0.25, 0.3) is 10.0 Å². The molecule has 0 spiro atoms. The molecule has 6 nitrogen and oxygen atoms in total. The van der Waals surface area contributed by atoms with Gasteiger partial charge in [-0.25, -0.2) is 13.4 Å². The van der Waals surface area contributed by atoms with Crippen molar-refractivity contribution in [2.45, 2.75) is 24.9 Å². The second kappa shape index (κ2) is 5.56. The van der Waals surface area contributed by atoms with Gasteiger partial charge in [-0.05, 0) is 13.8 Å². The van der Waals surface area contributed by atoms with Crippen LogP contribution in [0, 0.1) is 6.92 Å². The average molecular weight is 295 g/mol. The second-order valence-electron chi connectivity index (χ2n) is 4.46. The Bertz CT molecular complexity index is 494. The van der Waals surface area contributed by atoms with Gasteiger partial charge in [0, 0.05) is 38.9 Å². The van der Waals surface area contributed by atoms with E-state index in [4.69, 9.17) is 0 Å². The van der Waals surface area contributed by atoms with Crippen molar-refractivity contribution in [3.8, 4) is 0 Å². The summed E-state index contributed by atoms with van der Waals surface area (Å²) in [7, 11) is -1.64. The Morgan fingerprint density at radius 3 is 2.67 bits per heavy atom. The highest BCUT2D eigenvalue weighted by Crippen LogP contribution is 2.16. The number of hydrogen-bond donors (Lipinski definition) is 1. The molecular formula is C10H19ClN4O2S. The smallest absolute Gasteiger partial charge is 0.262 e. The van der Waals surface area contributed by atoms with E-state index >= 15 is 0 Å². The molecule has 1 aliphatic rings. The molecule has 18 heavy (non-hydrogen) atoms. The molecule has 0 amide bonds. The SMILES string of the molecule is Cc1nc(S(=O)(=O)N2CCN[C@H](C)C2)cn1C.Cl. The van der Waals surface area contributed by atoms with Crippen LogP contribution in [-0.4, -0.2) is 48.0 Å². The number of aryl methyl sites for hydroxylation is 2. The molecule has 2 rings (SSSR count). The number of halogens is 1. The summed E-state index contributed by atoms with van der Waals surface area (Å²) < 4.78 is 27.9. The lowest BCUT2D eigenvalue weighted by Crippen LogP contribution is -2.51. The first-order chi connectivity index (χ1) is 7.91. The van der Waals surface area contributed by atoms with E-state index in [1.54, 1.807) is 24.7 Å². The van der Waals surface area contributed by atoms with Crippen LogP contribution in [0.3, 0.4) is 0 Å². The first-order valence-corrected chi connectivity index (χ1v) is 7.09. The Kier molecular flexibility index (Phi) is 4.77. The normalized spacial score (nSPS) is 21.6. The summed E-state index contributed by atoms with van der Waals surface area (Å²) in [5, 5.41) is 3.37. The van der Waals surface area contributed by atoms with Crippen molar-refractivity contribution in [3.05, 3.63) is 12.0 Å². The minimum absolute atomic E-state index is 0. The van der Waals surface area contributed by atoms with E-state index < -0.39 is 10.0 Å². The van der Waals surface area contributed by atoms with Crippen molar-refractivity contribution < 1.29 is 8.42 Å². The number of piperazine rings is 1. The molecule has 0 bridgehead atoms. The lowest BCUT2D eigenvalue weighted by atomic mass is 10.3. The Balaban J connectivity index is 0.00000162. The van der Waals surface area contributed by atoms with Gasteiger partial charge in [0.1, 0.15) is 5.82 Å². The van der Waals surface area contributed by atoms with Crippen LogP contribution < -0.4 is 5.32 Å². The van der Waals surface area contributed by atoms with Crippen molar-refractivity contribution in [2.24, 2.45) is 7.05 Å². The highest BCUT2D eigenvalue weighted by atomic mass is 35.5. The van der Waals surface area contributed by atoms with E-state index in [-0.39, 0.29) is 23.5 Å². The van der Waals surface area contributed by atoms with Crippen LogP contribution in [0.4, 0.5) is 0 Å². The predicted octanol–water partition coefficient (Wildman–Crippen LogP) is 0.133. The van der Waals surface area contributed by atoms with Crippen LogP contribution in [0.1, 0.15) is 12.7 Å². The molecule has 1 N–H and O–H groups in total. The maximum Gasteiger partial charge on any atom is 0.262 e. The van der Waals surface area contributed by atoms with E-state index in [0.29, 0.717) is 25.5 Å². The molecule has 0 aliphatic carbocycles. The fourth-order valence-corrected chi connectivity index (χ4v) is 3.45. The molecule has 1 saturated heterocycles. The first kappa shape index (κ1) is 15.4.